The van der Waals surface area contributed by atoms with Crippen LogP contribution in [0.3, 0.4) is 0 Å². The highest BCUT2D eigenvalue weighted by molar-refractivity contribution is 7.12. The van der Waals surface area contributed by atoms with Gasteiger partial charge in [0.15, 0.2) is 5.78 Å². The minimum absolute atomic E-state index is 0.0655. The molecule has 0 atom stereocenters. The minimum Gasteiger partial charge on any atom is -0.361 e. The van der Waals surface area contributed by atoms with Crippen molar-refractivity contribution in [3.8, 4) is 17.2 Å². The second kappa shape index (κ2) is 4.38. The molecule has 0 aliphatic rings. The molecule has 0 unspecified atom stereocenters. The first-order chi connectivity index (χ1) is 9.20. The fourth-order valence-electron chi connectivity index (χ4n) is 2.21. The monoisotopic (exact) mass is 266 g/mol. The van der Waals surface area contributed by atoms with Crippen molar-refractivity contribution < 1.29 is 4.79 Å². The van der Waals surface area contributed by atoms with Crippen LogP contribution in [0.1, 0.15) is 22.2 Å². The number of hydrogen-bond donors (Lipinski definition) is 1. The van der Waals surface area contributed by atoms with Crippen LogP contribution in [0, 0.1) is 11.3 Å². The van der Waals surface area contributed by atoms with Gasteiger partial charge in [-0.25, -0.2) is 0 Å². The van der Waals surface area contributed by atoms with Crippen molar-refractivity contribution in [2.75, 3.05) is 0 Å². The highest BCUT2D eigenvalue weighted by Crippen LogP contribution is 2.34. The summed E-state index contributed by atoms with van der Waals surface area (Å²) in [4.78, 5) is 15.6. The number of hydrogen-bond acceptors (Lipinski definition) is 3. The first-order valence-electron chi connectivity index (χ1n) is 5.80. The lowest BCUT2D eigenvalue weighted by Gasteiger charge is -2.00. The van der Waals surface area contributed by atoms with E-state index in [0.717, 1.165) is 26.9 Å². The number of Topliss-reactive ketones (excluding diaryl/α,β-unsaturated/α-hetero) is 1. The van der Waals surface area contributed by atoms with Crippen LogP contribution < -0.4 is 0 Å². The summed E-state index contributed by atoms with van der Waals surface area (Å²) in [5.74, 6) is 0.0655. The summed E-state index contributed by atoms with van der Waals surface area (Å²) < 4.78 is 0. The van der Waals surface area contributed by atoms with Gasteiger partial charge in [-0.05, 0) is 36.6 Å². The third kappa shape index (κ3) is 1.85. The van der Waals surface area contributed by atoms with Crippen LogP contribution in [0.2, 0.25) is 0 Å². The van der Waals surface area contributed by atoms with Crippen molar-refractivity contribution >= 4 is 28.0 Å². The van der Waals surface area contributed by atoms with E-state index in [0.29, 0.717) is 5.56 Å². The topological polar surface area (TPSA) is 56.6 Å². The normalized spacial score (nSPS) is 10.5. The number of nitriles is 1. The van der Waals surface area contributed by atoms with E-state index < -0.39 is 0 Å². The molecule has 1 aromatic carbocycles. The van der Waals surface area contributed by atoms with Crippen LogP contribution in [0.15, 0.2) is 35.8 Å². The number of nitrogens with one attached hydrogen (secondary N) is 1. The van der Waals surface area contributed by atoms with Crippen molar-refractivity contribution in [2.24, 2.45) is 0 Å². The maximum atomic E-state index is 11.6. The van der Waals surface area contributed by atoms with Gasteiger partial charge in [0.05, 0.1) is 16.5 Å². The molecule has 2 heterocycles. The SMILES string of the molecule is CC(=O)c1sccc1-c1c[nH]c2ccc(C#N)cc12. The number of thiophene rings is 1. The summed E-state index contributed by atoms with van der Waals surface area (Å²) in [5, 5.41) is 11.9. The highest BCUT2D eigenvalue weighted by atomic mass is 32.1. The van der Waals surface area contributed by atoms with Gasteiger partial charge in [0.25, 0.3) is 0 Å². The van der Waals surface area contributed by atoms with Gasteiger partial charge >= 0.3 is 0 Å². The molecule has 3 rings (SSSR count). The van der Waals surface area contributed by atoms with E-state index in [9.17, 15) is 4.79 Å². The predicted octanol–water partition coefficient (Wildman–Crippen LogP) is 3.97. The van der Waals surface area contributed by atoms with Crippen LogP contribution in [0.4, 0.5) is 0 Å². The smallest absolute Gasteiger partial charge is 0.170 e. The quantitative estimate of drug-likeness (QED) is 0.713. The summed E-state index contributed by atoms with van der Waals surface area (Å²) in [6.45, 7) is 1.57. The van der Waals surface area contributed by atoms with Gasteiger partial charge in [0.2, 0.25) is 0 Å². The molecule has 0 aliphatic heterocycles. The minimum atomic E-state index is 0.0655. The van der Waals surface area contributed by atoms with Crippen LogP contribution in [-0.2, 0) is 0 Å². The molecule has 0 aliphatic carbocycles. The molecule has 3 nitrogen and oxygen atoms in total. The van der Waals surface area contributed by atoms with E-state index in [1.807, 2.05) is 29.8 Å². The number of aromatic amines is 1. The van der Waals surface area contributed by atoms with E-state index >= 15 is 0 Å². The Hall–Kier alpha value is -2.38. The number of ketones is 1. The summed E-state index contributed by atoms with van der Waals surface area (Å²) in [6.07, 6.45) is 1.89. The van der Waals surface area contributed by atoms with Gasteiger partial charge in [0, 0.05) is 28.2 Å². The summed E-state index contributed by atoms with van der Waals surface area (Å²) in [5.41, 5.74) is 3.49. The molecule has 0 radical (unpaired) electrons. The highest BCUT2D eigenvalue weighted by Gasteiger charge is 2.14. The Labute approximate surface area is 114 Å². The fourth-order valence-corrected chi connectivity index (χ4v) is 3.02. The average molecular weight is 266 g/mol. The van der Waals surface area contributed by atoms with Crippen LogP contribution in [0.5, 0.6) is 0 Å². The Kier molecular flexibility index (Phi) is 2.69. The van der Waals surface area contributed by atoms with E-state index in [1.54, 1.807) is 13.0 Å². The standard InChI is InChI=1S/C15H10N2OS/c1-9(18)15-11(4-5-19-15)13-8-17-14-3-2-10(7-16)6-12(13)14/h2-6,8,17H,1H3. The molecule has 3 aromatic rings. The van der Waals surface area contributed by atoms with Crippen molar-refractivity contribution in [3.05, 3.63) is 46.3 Å². The molecular formula is C15H10N2OS. The van der Waals surface area contributed by atoms with Gasteiger partial charge in [0.1, 0.15) is 0 Å². The summed E-state index contributed by atoms with van der Waals surface area (Å²) in [7, 11) is 0. The Balaban J connectivity index is 2.28. The van der Waals surface area contributed by atoms with Crippen molar-refractivity contribution in [1.82, 2.24) is 4.98 Å². The molecule has 4 heteroatoms. The number of H-pyrrole nitrogens is 1. The molecule has 1 N–H and O–H groups in total. The number of rotatable bonds is 2. The predicted molar refractivity (Wildman–Crippen MR) is 76.3 cm³/mol. The Morgan fingerprint density at radius 3 is 2.89 bits per heavy atom. The van der Waals surface area contributed by atoms with Gasteiger partial charge in [-0.2, -0.15) is 5.26 Å². The lowest BCUT2D eigenvalue weighted by molar-refractivity contribution is 0.102. The van der Waals surface area contributed by atoms with Crippen molar-refractivity contribution in [1.29, 1.82) is 5.26 Å². The molecule has 2 aromatic heterocycles. The molecule has 0 fully saturated rings. The van der Waals surface area contributed by atoms with Gasteiger partial charge in [-0.15, -0.1) is 11.3 Å². The van der Waals surface area contributed by atoms with Crippen LogP contribution in [-0.4, -0.2) is 10.8 Å². The zero-order valence-electron chi connectivity index (χ0n) is 10.2. The fraction of sp³-hybridized carbons (Fsp3) is 0.0667. The molecule has 0 spiro atoms. The van der Waals surface area contributed by atoms with Crippen LogP contribution >= 0.6 is 11.3 Å². The third-order valence-corrected chi connectivity index (χ3v) is 4.10. The molecular weight excluding hydrogens is 256 g/mol. The molecule has 0 saturated carbocycles. The van der Waals surface area contributed by atoms with Gasteiger partial charge in [-0.1, -0.05) is 0 Å². The second-order valence-electron chi connectivity index (χ2n) is 4.29. The Bertz CT molecular complexity index is 820. The van der Waals surface area contributed by atoms with E-state index in [2.05, 4.69) is 11.1 Å². The van der Waals surface area contributed by atoms with Crippen molar-refractivity contribution in [3.63, 3.8) is 0 Å². The Morgan fingerprint density at radius 2 is 2.16 bits per heavy atom. The maximum Gasteiger partial charge on any atom is 0.170 e. The molecule has 92 valence electrons. The average Bonchev–Trinajstić information content (AvgIpc) is 3.03. The number of fused-ring (bicyclic) bond motifs is 1. The number of carbonyl (C=O) groups is 1. The van der Waals surface area contributed by atoms with Gasteiger partial charge < -0.3 is 4.98 Å². The number of aromatic nitrogens is 1. The van der Waals surface area contributed by atoms with E-state index in [-0.39, 0.29) is 5.78 Å². The third-order valence-electron chi connectivity index (χ3n) is 3.09. The second-order valence-corrected chi connectivity index (χ2v) is 5.21. The lowest BCUT2D eigenvalue weighted by atomic mass is 10.0. The largest absolute Gasteiger partial charge is 0.361 e. The Morgan fingerprint density at radius 1 is 1.32 bits per heavy atom. The molecule has 0 saturated heterocycles. The lowest BCUT2D eigenvalue weighted by Crippen LogP contribution is -1.89. The maximum absolute atomic E-state index is 11.6. The molecule has 19 heavy (non-hydrogen) atoms. The number of benzene rings is 1. The first kappa shape index (κ1) is 11.7. The molecule has 0 bridgehead atoms. The zero-order chi connectivity index (χ0) is 13.4. The molecule has 0 amide bonds. The zero-order valence-corrected chi connectivity index (χ0v) is 11.0. The van der Waals surface area contributed by atoms with Crippen LogP contribution in [0.25, 0.3) is 22.0 Å². The number of carbonyl (C=O) groups excluding carboxylic acids is 1. The number of nitrogens with zero attached hydrogens (tertiary/aromatic N) is 1. The van der Waals surface area contributed by atoms with E-state index in [4.69, 9.17) is 5.26 Å². The van der Waals surface area contributed by atoms with Crippen molar-refractivity contribution in [2.45, 2.75) is 6.92 Å². The summed E-state index contributed by atoms with van der Waals surface area (Å²) >= 11 is 1.45. The van der Waals surface area contributed by atoms with Gasteiger partial charge in [-0.3, -0.25) is 4.79 Å². The first-order valence-corrected chi connectivity index (χ1v) is 6.68. The summed E-state index contributed by atoms with van der Waals surface area (Å²) in [6, 6.07) is 9.60. The van der Waals surface area contributed by atoms with E-state index in [1.165, 1.54) is 11.3 Å².